The summed E-state index contributed by atoms with van der Waals surface area (Å²) in [4.78, 5) is 23.7. The Morgan fingerprint density at radius 1 is 0.963 bits per heavy atom. The van der Waals surface area contributed by atoms with E-state index in [1.165, 1.54) is 0 Å². The molecule has 0 aliphatic carbocycles. The molecule has 144 valence electrons. The van der Waals surface area contributed by atoms with E-state index in [1.54, 1.807) is 31.4 Å². The molecule has 1 N–H and O–H groups in total. The number of para-hydroxylation sites is 1. The van der Waals surface area contributed by atoms with Crippen molar-refractivity contribution in [1.82, 2.24) is 0 Å². The van der Waals surface area contributed by atoms with Gasteiger partial charge >= 0.3 is 5.97 Å². The van der Waals surface area contributed by atoms with Gasteiger partial charge in [-0.15, -0.1) is 0 Å². The van der Waals surface area contributed by atoms with Gasteiger partial charge < -0.3 is 19.5 Å². The number of nitrogens with one attached hydrogen (secondary N) is 1. The molecule has 6 nitrogen and oxygen atoms in total. The SMILES string of the molecule is COc1ccc(OCCCC(=O)OCC(=O)Nc2c(C)cccc2C)cc1. The van der Waals surface area contributed by atoms with Crippen molar-refractivity contribution in [3.63, 3.8) is 0 Å². The predicted molar refractivity (Wildman–Crippen MR) is 103 cm³/mol. The van der Waals surface area contributed by atoms with Gasteiger partial charge in [-0.1, -0.05) is 18.2 Å². The van der Waals surface area contributed by atoms with E-state index in [2.05, 4.69) is 5.32 Å². The Bertz CT molecular complexity index is 750. The summed E-state index contributed by atoms with van der Waals surface area (Å²) in [5.41, 5.74) is 2.68. The van der Waals surface area contributed by atoms with E-state index in [4.69, 9.17) is 14.2 Å². The number of aryl methyl sites for hydroxylation is 2. The van der Waals surface area contributed by atoms with Crippen LogP contribution in [-0.2, 0) is 14.3 Å². The maximum atomic E-state index is 12.0. The number of anilines is 1. The maximum absolute atomic E-state index is 12.0. The molecule has 2 aromatic carbocycles. The zero-order chi connectivity index (χ0) is 19.6. The third-order valence-corrected chi connectivity index (χ3v) is 3.96. The largest absolute Gasteiger partial charge is 0.497 e. The number of carbonyl (C=O) groups excluding carboxylic acids is 2. The van der Waals surface area contributed by atoms with Gasteiger partial charge in [0.15, 0.2) is 6.61 Å². The zero-order valence-electron chi connectivity index (χ0n) is 15.9. The lowest BCUT2D eigenvalue weighted by molar-refractivity contribution is -0.147. The molecule has 0 aromatic heterocycles. The Morgan fingerprint density at radius 2 is 1.59 bits per heavy atom. The van der Waals surface area contributed by atoms with E-state index in [0.29, 0.717) is 18.8 Å². The molecule has 0 unspecified atom stereocenters. The van der Waals surface area contributed by atoms with E-state index in [9.17, 15) is 9.59 Å². The smallest absolute Gasteiger partial charge is 0.306 e. The van der Waals surface area contributed by atoms with Gasteiger partial charge in [0.25, 0.3) is 5.91 Å². The highest BCUT2D eigenvalue weighted by Crippen LogP contribution is 2.19. The predicted octanol–water partition coefficient (Wildman–Crippen LogP) is 3.65. The van der Waals surface area contributed by atoms with Gasteiger partial charge in [0.1, 0.15) is 11.5 Å². The molecule has 0 aliphatic rings. The number of hydrogen-bond donors (Lipinski definition) is 1. The number of ether oxygens (including phenoxy) is 3. The van der Waals surface area contributed by atoms with Crippen molar-refractivity contribution in [2.75, 3.05) is 25.6 Å². The van der Waals surface area contributed by atoms with Crippen LogP contribution in [0.1, 0.15) is 24.0 Å². The summed E-state index contributed by atoms with van der Waals surface area (Å²) in [6.45, 7) is 3.91. The number of amides is 1. The normalized spacial score (nSPS) is 10.2. The van der Waals surface area contributed by atoms with Gasteiger partial charge in [0, 0.05) is 12.1 Å². The number of hydrogen-bond acceptors (Lipinski definition) is 5. The number of carbonyl (C=O) groups is 2. The molecule has 27 heavy (non-hydrogen) atoms. The quantitative estimate of drug-likeness (QED) is 0.538. The van der Waals surface area contributed by atoms with E-state index in [0.717, 1.165) is 22.6 Å². The lowest BCUT2D eigenvalue weighted by Crippen LogP contribution is -2.22. The van der Waals surface area contributed by atoms with Crippen LogP contribution < -0.4 is 14.8 Å². The van der Waals surface area contributed by atoms with Crippen molar-refractivity contribution in [2.45, 2.75) is 26.7 Å². The van der Waals surface area contributed by atoms with Crippen LogP contribution in [0.15, 0.2) is 42.5 Å². The monoisotopic (exact) mass is 371 g/mol. The molecule has 0 bridgehead atoms. The second kappa shape index (κ2) is 10.2. The average molecular weight is 371 g/mol. The average Bonchev–Trinajstić information content (AvgIpc) is 2.67. The summed E-state index contributed by atoms with van der Waals surface area (Å²) >= 11 is 0. The molecule has 0 atom stereocenters. The zero-order valence-corrected chi connectivity index (χ0v) is 15.9. The third kappa shape index (κ3) is 6.66. The van der Waals surface area contributed by atoms with Crippen LogP contribution in [0, 0.1) is 13.8 Å². The highest BCUT2D eigenvalue weighted by atomic mass is 16.5. The number of methoxy groups -OCH3 is 1. The first-order valence-corrected chi connectivity index (χ1v) is 8.78. The molecule has 0 radical (unpaired) electrons. The Hall–Kier alpha value is -3.02. The van der Waals surface area contributed by atoms with Crippen molar-refractivity contribution in [3.8, 4) is 11.5 Å². The van der Waals surface area contributed by atoms with Crippen LogP contribution >= 0.6 is 0 Å². The fourth-order valence-corrected chi connectivity index (χ4v) is 2.48. The van der Waals surface area contributed by atoms with Crippen molar-refractivity contribution >= 4 is 17.6 Å². The van der Waals surface area contributed by atoms with Crippen molar-refractivity contribution in [3.05, 3.63) is 53.6 Å². The van der Waals surface area contributed by atoms with Gasteiger partial charge in [-0.25, -0.2) is 0 Å². The minimum absolute atomic E-state index is 0.187. The van der Waals surface area contributed by atoms with E-state index in [-0.39, 0.29) is 18.9 Å². The van der Waals surface area contributed by atoms with Crippen LogP contribution in [0.3, 0.4) is 0 Å². The number of benzene rings is 2. The Labute approximate surface area is 159 Å². The maximum Gasteiger partial charge on any atom is 0.306 e. The molecule has 1 amide bonds. The first-order chi connectivity index (χ1) is 13.0. The van der Waals surface area contributed by atoms with Gasteiger partial charge in [0.2, 0.25) is 0 Å². The Kier molecular flexibility index (Phi) is 7.67. The summed E-state index contributed by atoms with van der Waals surface area (Å²) in [7, 11) is 1.60. The number of rotatable bonds is 9. The Balaban J connectivity index is 1.64. The summed E-state index contributed by atoms with van der Waals surface area (Å²) in [5, 5.41) is 2.78. The molecule has 0 saturated carbocycles. The lowest BCUT2D eigenvalue weighted by atomic mass is 10.1. The molecule has 0 aliphatic heterocycles. The molecule has 2 rings (SSSR count). The Morgan fingerprint density at radius 3 is 2.22 bits per heavy atom. The topological polar surface area (TPSA) is 73.9 Å². The van der Waals surface area contributed by atoms with E-state index >= 15 is 0 Å². The van der Waals surface area contributed by atoms with E-state index < -0.39 is 5.97 Å². The summed E-state index contributed by atoms with van der Waals surface area (Å²) in [6, 6.07) is 13.0. The highest BCUT2D eigenvalue weighted by Gasteiger charge is 2.10. The summed E-state index contributed by atoms with van der Waals surface area (Å²) in [6.07, 6.45) is 0.691. The van der Waals surface area contributed by atoms with Crippen LogP contribution in [0.4, 0.5) is 5.69 Å². The first kappa shape index (κ1) is 20.3. The highest BCUT2D eigenvalue weighted by molar-refractivity contribution is 5.94. The molecular weight excluding hydrogens is 346 g/mol. The van der Waals surface area contributed by atoms with E-state index in [1.807, 2.05) is 32.0 Å². The minimum Gasteiger partial charge on any atom is -0.497 e. The van der Waals surface area contributed by atoms with Crippen molar-refractivity contribution in [1.29, 1.82) is 0 Å². The van der Waals surface area contributed by atoms with Gasteiger partial charge in [0.05, 0.1) is 13.7 Å². The van der Waals surface area contributed by atoms with Gasteiger partial charge in [-0.05, 0) is 55.7 Å². The second-order valence-corrected chi connectivity index (χ2v) is 6.10. The summed E-state index contributed by atoms with van der Waals surface area (Å²) < 4.78 is 15.6. The van der Waals surface area contributed by atoms with Crippen LogP contribution in [0.5, 0.6) is 11.5 Å². The minimum atomic E-state index is -0.426. The molecular formula is C21H25NO5. The van der Waals surface area contributed by atoms with Crippen molar-refractivity contribution in [2.24, 2.45) is 0 Å². The van der Waals surface area contributed by atoms with Gasteiger partial charge in [-0.2, -0.15) is 0 Å². The van der Waals surface area contributed by atoms with Crippen molar-refractivity contribution < 1.29 is 23.8 Å². The number of esters is 1. The fourth-order valence-electron chi connectivity index (χ4n) is 2.48. The summed E-state index contributed by atoms with van der Waals surface area (Å²) in [5.74, 6) is 0.683. The molecule has 0 fully saturated rings. The molecule has 2 aromatic rings. The van der Waals surface area contributed by atoms with Crippen LogP contribution in [0.25, 0.3) is 0 Å². The molecule has 0 heterocycles. The molecule has 0 spiro atoms. The molecule has 0 saturated heterocycles. The van der Waals surface area contributed by atoms with Crippen LogP contribution in [-0.4, -0.2) is 32.2 Å². The standard InChI is InChI=1S/C21H25NO5/c1-15-6-4-7-16(2)21(15)22-19(23)14-27-20(24)8-5-13-26-18-11-9-17(25-3)10-12-18/h4,6-7,9-12H,5,8,13-14H2,1-3H3,(H,22,23). The fraction of sp³-hybridized carbons (Fsp3) is 0.333. The lowest BCUT2D eigenvalue weighted by Gasteiger charge is -2.11. The van der Waals surface area contributed by atoms with Gasteiger partial charge in [-0.3, -0.25) is 9.59 Å². The first-order valence-electron chi connectivity index (χ1n) is 8.78. The molecule has 6 heteroatoms. The third-order valence-electron chi connectivity index (χ3n) is 3.96. The van der Waals surface area contributed by atoms with Crippen LogP contribution in [0.2, 0.25) is 0 Å². The second-order valence-electron chi connectivity index (χ2n) is 6.10.